The molecule has 0 saturated heterocycles. The number of carbonyl (C=O) groups excluding carboxylic acids is 1. The van der Waals surface area contributed by atoms with Crippen LogP contribution in [0.4, 0.5) is 0 Å². The number of likely N-dealkylation sites (N-methyl/N-ethyl adjacent to an activating group) is 1. The number of phosphoric acid groups is 1. The lowest BCUT2D eigenvalue weighted by Gasteiger charge is -2.30. The summed E-state index contributed by atoms with van der Waals surface area (Å²) in [5.74, 6) is -0.162. The third-order valence-electron chi connectivity index (χ3n) is 13.3. The summed E-state index contributed by atoms with van der Waals surface area (Å²) >= 11 is 0. The molecule has 406 valence electrons. The number of rotatable bonds is 54. The van der Waals surface area contributed by atoms with Crippen molar-refractivity contribution in [2.45, 2.75) is 289 Å². The molecule has 0 aromatic carbocycles. The lowest BCUT2D eigenvalue weighted by atomic mass is 10.0. The molecule has 2 N–H and O–H groups in total. The van der Waals surface area contributed by atoms with Gasteiger partial charge in [0.2, 0.25) is 5.91 Å². The molecule has 0 bridgehead atoms. The summed E-state index contributed by atoms with van der Waals surface area (Å²) in [5.41, 5.74) is 0. The number of allylic oxidation sites excluding steroid dienone is 8. The van der Waals surface area contributed by atoms with Crippen LogP contribution in [0.5, 0.6) is 0 Å². The molecule has 0 fully saturated rings. The third-order valence-corrected chi connectivity index (χ3v) is 14.3. The minimum Gasteiger partial charge on any atom is -0.756 e. The molecule has 69 heavy (non-hydrogen) atoms. The number of quaternary nitrogens is 1. The summed E-state index contributed by atoms with van der Waals surface area (Å²) in [6, 6.07) is -0.798. The van der Waals surface area contributed by atoms with E-state index in [9.17, 15) is 19.4 Å². The first-order valence-corrected chi connectivity index (χ1v) is 30.9. The molecule has 0 heterocycles. The van der Waals surface area contributed by atoms with Crippen LogP contribution in [0.2, 0.25) is 0 Å². The zero-order chi connectivity index (χ0) is 50.6. The van der Waals surface area contributed by atoms with E-state index in [4.69, 9.17) is 9.05 Å². The van der Waals surface area contributed by atoms with Crippen LogP contribution in [0, 0.1) is 0 Å². The summed E-state index contributed by atoms with van der Waals surface area (Å²) in [6.07, 6.45) is 67.4. The monoisotopic (exact) mass is 991 g/mol. The number of aliphatic hydroxyl groups is 1. The number of hydrogen-bond acceptors (Lipinski definition) is 6. The highest BCUT2D eigenvalue weighted by Gasteiger charge is 2.24. The molecule has 0 rings (SSSR count). The van der Waals surface area contributed by atoms with Crippen molar-refractivity contribution in [1.82, 2.24) is 5.32 Å². The van der Waals surface area contributed by atoms with Gasteiger partial charge in [0.25, 0.3) is 7.82 Å². The van der Waals surface area contributed by atoms with Gasteiger partial charge in [-0.05, 0) is 51.4 Å². The number of nitrogens with one attached hydrogen (secondary N) is 1. The second-order valence-electron chi connectivity index (χ2n) is 21.3. The fourth-order valence-electron chi connectivity index (χ4n) is 8.74. The molecular formula is C60H115N2O6P. The second kappa shape index (κ2) is 51.4. The molecule has 3 atom stereocenters. The predicted octanol–water partition coefficient (Wildman–Crippen LogP) is 17.3. The summed E-state index contributed by atoms with van der Waals surface area (Å²) in [5, 5.41) is 14.0. The molecular weight excluding hydrogens is 876 g/mol. The molecule has 0 aliphatic heterocycles. The third kappa shape index (κ3) is 54.1. The molecule has 3 unspecified atom stereocenters. The first kappa shape index (κ1) is 67.5. The molecule has 0 radical (unpaired) electrons. The Morgan fingerprint density at radius 3 is 1.29 bits per heavy atom. The summed E-state index contributed by atoms with van der Waals surface area (Å²) in [4.78, 5) is 25.5. The number of amides is 1. The standard InChI is InChI=1S/C60H115N2O6P/c1-6-8-10-12-14-16-18-20-21-22-23-24-25-26-27-28-29-30-31-32-33-34-35-36-37-38-39-40-41-42-44-46-48-50-52-54-60(64)61-58(57-68-69(65,66)67-56-55-62(3,4)5)59(63)53-51-49-47-45-43-19-17-15-13-11-9-7-2/h8,10,14,16,20-21,23-24,58-59,63H,6-7,9,11-13,15,17-19,22,25-57H2,1-5H3,(H-,61,64,65,66)/b10-8-,16-14-,21-20-,24-23-. The average Bonchev–Trinajstić information content (AvgIpc) is 3.31. The summed E-state index contributed by atoms with van der Waals surface area (Å²) in [7, 11) is 1.31. The van der Waals surface area contributed by atoms with Crippen molar-refractivity contribution >= 4 is 13.7 Å². The molecule has 0 saturated carbocycles. The van der Waals surface area contributed by atoms with E-state index < -0.39 is 20.0 Å². The van der Waals surface area contributed by atoms with Crippen LogP contribution in [-0.2, 0) is 18.4 Å². The van der Waals surface area contributed by atoms with Crippen LogP contribution in [0.1, 0.15) is 277 Å². The van der Waals surface area contributed by atoms with Gasteiger partial charge in [0.1, 0.15) is 13.2 Å². The van der Waals surface area contributed by atoms with E-state index in [1.165, 1.54) is 186 Å². The Morgan fingerprint density at radius 1 is 0.522 bits per heavy atom. The molecule has 1 amide bonds. The van der Waals surface area contributed by atoms with Crippen molar-refractivity contribution in [2.24, 2.45) is 0 Å². The van der Waals surface area contributed by atoms with Crippen molar-refractivity contribution in [1.29, 1.82) is 0 Å². The highest BCUT2D eigenvalue weighted by atomic mass is 31.2. The van der Waals surface area contributed by atoms with Crippen LogP contribution in [0.25, 0.3) is 0 Å². The highest BCUT2D eigenvalue weighted by molar-refractivity contribution is 7.45. The predicted molar refractivity (Wildman–Crippen MR) is 298 cm³/mol. The maximum atomic E-state index is 13.0. The normalized spacial score (nSPS) is 14.2. The van der Waals surface area contributed by atoms with Crippen LogP contribution in [-0.4, -0.2) is 68.5 Å². The van der Waals surface area contributed by atoms with Gasteiger partial charge in [0.05, 0.1) is 39.9 Å². The zero-order valence-corrected chi connectivity index (χ0v) is 47.2. The first-order valence-electron chi connectivity index (χ1n) is 29.5. The number of nitrogens with zero attached hydrogens (tertiary/aromatic N) is 1. The molecule has 0 aliphatic carbocycles. The van der Waals surface area contributed by atoms with Gasteiger partial charge in [-0.3, -0.25) is 9.36 Å². The van der Waals surface area contributed by atoms with E-state index in [-0.39, 0.29) is 19.1 Å². The van der Waals surface area contributed by atoms with Gasteiger partial charge in [0, 0.05) is 6.42 Å². The van der Waals surface area contributed by atoms with Crippen LogP contribution >= 0.6 is 7.82 Å². The first-order chi connectivity index (χ1) is 33.5. The molecule has 9 heteroatoms. The smallest absolute Gasteiger partial charge is 0.268 e. The van der Waals surface area contributed by atoms with E-state index in [1.807, 2.05) is 21.1 Å². The maximum absolute atomic E-state index is 13.0. The zero-order valence-electron chi connectivity index (χ0n) is 46.3. The Kier molecular flexibility index (Phi) is 50.2. The minimum absolute atomic E-state index is 0.0135. The molecule has 8 nitrogen and oxygen atoms in total. The van der Waals surface area contributed by atoms with Gasteiger partial charge < -0.3 is 28.8 Å². The lowest BCUT2D eigenvalue weighted by molar-refractivity contribution is -0.870. The second-order valence-corrected chi connectivity index (χ2v) is 22.7. The quantitative estimate of drug-likeness (QED) is 0.0272. The Morgan fingerprint density at radius 2 is 0.884 bits per heavy atom. The van der Waals surface area contributed by atoms with E-state index in [0.717, 1.165) is 64.2 Å². The Bertz CT molecular complexity index is 1260. The van der Waals surface area contributed by atoms with Crippen molar-refractivity contribution in [3.8, 4) is 0 Å². The fraction of sp³-hybridized carbons (Fsp3) is 0.850. The van der Waals surface area contributed by atoms with Gasteiger partial charge >= 0.3 is 0 Å². The van der Waals surface area contributed by atoms with Crippen molar-refractivity contribution in [2.75, 3.05) is 40.9 Å². The Hall–Kier alpha value is -1.54. The van der Waals surface area contributed by atoms with E-state index in [0.29, 0.717) is 23.9 Å². The van der Waals surface area contributed by atoms with E-state index >= 15 is 0 Å². The number of phosphoric ester groups is 1. The SMILES string of the molecule is CC/C=C\C/C=C\C/C=C\C/C=C\CCCCCCCCCCCCCCCCCCCCCCCCC(=O)NC(COP(=O)([O-])OCC[N+](C)(C)C)C(O)CCCCCCCCCCCCCC. The van der Waals surface area contributed by atoms with Crippen LogP contribution in [0.3, 0.4) is 0 Å². The van der Waals surface area contributed by atoms with Gasteiger partial charge in [-0.15, -0.1) is 0 Å². The van der Waals surface area contributed by atoms with Crippen molar-refractivity contribution in [3.05, 3.63) is 48.6 Å². The Labute approximate surface area is 429 Å². The van der Waals surface area contributed by atoms with Gasteiger partial charge in [-0.1, -0.05) is 268 Å². The van der Waals surface area contributed by atoms with Crippen LogP contribution < -0.4 is 10.2 Å². The number of aliphatic hydroxyl groups excluding tert-OH is 1. The topological polar surface area (TPSA) is 108 Å². The Balaban J connectivity index is 3.91. The number of unbranched alkanes of at least 4 members (excludes halogenated alkanes) is 33. The molecule has 0 spiro atoms. The van der Waals surface area contributed by atoms with Gasteiger partial charge in [-0.25, -0.2) is 0 Å². The summed E-state index contributed by atoms with van der Waals surface area (Å²) < 4.78 is 23.4. The highest BCUT2D eigenvalue weighted by Crippen LogP contribution is 2.38. The van der Waals surface area contributed by atoms with E-state index in [2.05, 4.69) is 67.8 Å². The minimum atomic E-state index is -4.57. The van der Waals surface area contributed by atoms with Crippen LogP contribution in [0.15, 0.2) is 48.6 Å². The molecule has 0 aromatic rings. The van der Waals surface area contributed by atoms with E-state index in [1.54, 1.807) is 0 Å². The number of carbonyl (C=O) groups is 1. The van der Waals surface area contributed by atoms with Crippen molar-refractivity contribution < 1.29 is 32.9 Å². The largest absolute Gasteiger partial charge is 0.756 e. The molecule has 0 aromatic heterocycles. The van der Waals surface area contributed by atoms with Gasteiger partial charge in [0.15, 0.2) is 0 Å². The lowest BCUT2D eigenvalue weighted by Crippen LogP contribution is -2.46. The van der Waals surface area contributed by atoms with Crippen molar-refractivity contribution in [3.63, 3.8) is 0 Å². The molecule has 0 aliphatic rings. The maximum Gasteiger partial charge on any atom is 0.268 e. The number of hydrogen-bond donors (Lipinski definition) is 2. The fourth-order valence-corrected chi connectivity index (χ4v) is 9.46. The summed E-state index contributed by atoms with van der Waals surface area (Å²) in [6.45, 7) is 4.62. The average molecular weight is 992 g/mol. The van der Waals surface area contributed by atoms with Gasteiger partial charge in [-0.2, -0.15) is 0 Å².